The predicted octanol–water partition coefficient (Wildman–Crippen LogP) is 1.73. The predicted molar refractivity (Wildman–Crippen MR) is 78.5 cm³/mol. The molecule has 1 saturated carbocycles. The molecule has 1 aliphatic heterocycles. The number of hydrogen-bond acceptors (Lipinski definition) is 3. The van der Waals surface area contributed by atoms with E-state index >= 15 is 0 Å². The summed E-state index contributed by atoms with van der Waals surface area (Å²) in [5.74, 6) is 1.92. The van der Waals surface area contributed by atoms with E-state index in [0.29, 0.717) is 11.7 Å². The van der Waals surface area contributed by atoms with Crippen LogP contribution in [0.2, 0.25) is 0 Å². The molecule has 1 saturated heterocycles. The first kappa shape index (κ1) is 15.3. The zero-order valence-electron chi connectivity index (χ0n) is 12.2. The average Bonchev–Trinajstić information content (AvgIpc) is 2.34. The molecule has 4 nitrogen and oxygen atoms in total. The molecule has 2 fully saturated rings. The number of rotatable bonds is 4. The SMILES string of the molecule is CC1CCC(NS(=O)(=O)CC2CCCNC2)CC1C. The molecule has 0 aromatic carbocycles. The summed E-state index contributed by atoms with van der Waals surface area (Å²) in [6, 6.07) is 0.160. The van der Waals surface area contributed by atoms with Crippen molar-refractivity contribution in [3.8, 4) is 0 Å². The van der Waals surface area contributed by atoms with Crippen molar-refractivity contribution in [2.24, 2.45) is 17.8 Å². The van der Waals surface area contributed by atoms with Crippen molar-refractivity contribution < 1.29 is 8.42 Å². The first-order valence-electron chi connectivity index (χ1n) is 7.67. The standard InChI is InChI=1S/C14H28N2O2S/c1-11-5-6-14(8-12(11)2)16-19(17,18)10-13-4-3-7-15-9-13/h11-16H,3-10H2,1-2H3. The van der Waals surface area contributed by atoms with Gasteiger partial charge in [-0.2, -0.15) is 0 Å². The van der Waals surface area contributed by atoms with E-state index in [9.17, 15) is 8.42 Å². The van der Waals surface area contributed by atoms with Gasteiger partial charge in [-0.25, -0.2) is 13.1 Å². The molecule has 19 heavy (non-hydrogen) atoms. The summed E-state index contributed by atoms with van der Waals surface area (Å²) in [5, 5.41) is 3.28. The molecule has 2 N–H and O–H groups in total. The minimum Gasteiger partial charge on any atom is -0.316 e. The molecule has 4 unspecified atom stereocenters. The van der Waals surface area contributed by atoms with Gasteiger partial charge in [-0.05, 0) is 62.9 Å². The topological polar surface area (TPSA) is 58.2 Å². The molecule has 2 rings (SSSR count). The van der Waals surface area contributed by atoms with E-state index in [1.807, 2.05) is 0 Å². The van der Waals surface area contributed by atoms with Crippen LogP contribution >= 0.6 is 0 Å². The Balaban J connectivity index is 1.83. The Morgan fingerprint density at radius 3 is 2.58 bits per heavy atom. The molecule has 112 valence electrons. The summed E-state index contributed by atoms with van der Waals surface area (Å²) in [7, 11) is -3.11. The van der Waals surface area contributed by atoms with Gasteiger partial charge in [0, 0.05) is 6.04 Å². The zero-order chi connectivity index (χ0) is 13.9. The monoisotopic (exact) mass is 288 g/mol. The Hall–Kier alpha value is -0.130. The quantitative estimate of drug-likeness (QED) is 0.828. The maximum atomic E-state index is 12.2. The third kappa shape index (κ3) is 4.72. The van der Waals surface area contributed by atoms with Crippen LogP contribution in [0.25, 0.3) is 0 Å². The van der Waals surface area contributed by atoms with E-state index < -0.39 is 10.0 Å². The molecule has 4 atom stereocenters. The Labute approximate surface area is 117 Å². The normalized spacial score (nSPS) is 37.2. The zero-order valence-corrected chi connectivity index (χ0v) is 13.0. The largest absolute Gasteiger partial charge is 0.316 e. The van der Waals surface area contributed by atoms with E-state index in [4.69, 9.17) is 0 Å². The second kappa shape index (κ2) is 6.55. The third-order valence-electron chi connectivity index (χ3n) is 4.80. The summed E-state index contributed by atoms with van der Waals surface area (Å²) >= 11 is 0. The minimum atomic E-state index is -3.11. The molecular weight excluding hydrogens is 260 g/mol. The fourth-order valence-electron chi connectivity index (χ4n) is 3.33. The summed E-state index contributed by atoms with van der Waals surface area (Å²) in [6.07, 6.45) is 5.25. The van der Waals surface area contributed by atoms with Crippen molar-refractivity contribution in [1.29, 1.82) is 0 Å². The molecule has 2 aliphatic rings. The van der Waals surface area contributed by atoms with Gasteiger partial charge < -0.3 is 5.32 Å². The lowest BCUT2D eigenvalue weighted by Crippen LogP contribution is -2.43. The van der Waals surface area contributed by atoms with Gasteiger partial charge in [-0.3, -0.25) is 0 Å². The van der Waals surface area contributed by atoms with Crippen molar-refractivity contribution in [1.82, 2.24) is 10.0 Å². The Bertz CT molecular complexity index is 377. The van der Waals surface area contributed by atoms with Gasteiger partial charge in [0.1, 0.15) is 0 Å². The van der Waals surface area contributed by atoms with Gasteiger partial charge >= 0.3 is 0 Å². The smallest absolute Gasteiger partial charge is 0.212 e. The van der Waals surface area contributed by atoms with E-state index in [0.717, 1.165) is 51.1 Å². The van der Waals surface area contributed by atoms with Crippen LogP contribution in [-0.4, -0.2) is 33.3 Å². The molecule has 1 aliphatic carbocycles. The molecule has 0 radical (unpaired) electrons. The summed E-state index contributed by atoms with van der Waals surface area (Å²) in [5.41, 5.74) is 0. The Morgan fingerprint density at radius 2 is 1.95 bits per heavy atom. The van der Waals surface area contributed by atoms with Crippen LogP contribution in [0.4, 0.5) is 0 Å². The van der Waals surface area contributed by atoms with Crippen LogP contribution < -0.4 is 10.0 Å². The van der Waals surface area contributed by atoms with Crippen molar-refractivity contribution in [3.05, 3.63) is 0 Å². The van der Waals surface area contributed by atoms with Crippen LogP contribution in [0.1, 0.15) is 46.0 Å². The highest BCUT2D eigenvalue weighted by molar-refractivity contribution is 7.89. The van der Waals surface area contributed by atoms with E-state index in [1.165, 1.54) is 0 Å². The molecule has 5 heteroatoms. The van der Waals surface area contributed by atoms with Crippen LogP contribution in [-0.2, 0) is 10.0 Å². The number of hydrogen-bond donors (Lipinski definition) is 2. The molecule has 1 heterocycles. The van der Waals surface area contributed by atoms with Gasteiger partial charge in [0.25, 0.3) is 0 Å². The van der Waals surface area contributed by atoms with Crippen molar-refractivity contribution in [2.45, 2.75) is 52.0 Å². The second-order valence-corrected chi connectivity index (χ2v) is 8.37. The highest BCUT2D eigenvalue weighted by Crippen LogP contribution is 2.29. The number of sulfonamides is 1. The summed E-state index contributed by atoms with van der Waals surface area (Å²) in [4.78, 5) is 0. The van der Waals surface area contributed by atoms with E-state index in [1.54, 1.807) is 0 Å². The first-order valence-corrected chi connectivity index (χ1v) is 9.32. The molecule has 0 aromatic heterocycles. The molecule has 0 bridgehead atoms. The van der Waals surface area contributed by atoms with Gasteiger partial charge in [-0.15, -0.1) is 0 Å². The maximum Gasteiger partial charge on any atom is 0.212 e. The second-order valence-electron chi connectivity index (χ2n) is 6.58. The van der Waals surface area contributed by atoms with Crippen LogP contribution in [0.3, 0.4) is 0 Å². The Morgan fingerprint density at radius 1 is 1.16 bits per heavy atom. The summed E-state index contributed by atoms with van der Waals surface area (Å²) < 4.78 is 27.4. The van der Waals surface area contributed by atoms with Crippen LogP contribution in [0.5, 0.6) is 0 Å². The van der Waals surface area contributed by atoms with Crippen molar-refractivity contribution >= 4 is 10.0 Å². The molecular formula is C14H28N2O2S. The maximum absolute atomic E-state index is 12.2. The highest BCUT2D eigenvalue weighted by Gasteiger charge is 2.29. The molecule has 0 aromatic rings. The average molecular weight is 288 g/mol. The van der Waals surface area contributed by atoms with Gasteiger partial charge in [0.2, 0.25) is 10.0 Å². The van der Waals surface area contributed by atoms with Gasteiger partial charge in [0.05, 0.1) is 5.75 Å². The fraction of sp³-hybridized carbons (Fsp3) is 1.00. The summed E-state index contributed by atoms with van der Waals surface area (Å²) in [6.45, 7) is 6.38. The van der Waals surface area contributed by atoms with Crippen LogP contribution in [0.15, 0.2) is 0 Å². The highest BCUT2D eigenvalue weighted by atomic mass is 32.2. The van der Waals surface area contributed by atoms with E-state index in [-0.39, 0.29) is 12.0 Å². The lowest BCUT2D eigenvalue weighted by atomic mass is 9.79. The Kier molecular flexibility index (Phi) is 5.26. The minimum absolute atomic E-state index is 0.160. The fourth-order valence-corrected chi connectivity index (χ4v) is 5.06. The van der Waals surface area contributed by atoms with Gasteiger partial charge in [-0.1, -0.05) is 13.8 Å². The molecule has 0 spiro atoms. The van der Waals surface area contributed by atoms with Crippen LogP contribution in [0, 0.1) is 17.8 Å². The number of piperidine rings is 1. The van der Waals surface area contributed by atoms with Crippen molar-refractivity contribution in [3.63, 3.8) is 0 Å². The lowest BCUT2D eigenvalue weighted by molar-refractivity contribution is 0.241. The number of nitrogens with one attached hydrogen (secondary N) is 2. The van der Waals surface area contributed by atoms with Gasteiger partial charge in [0.15, 0.2) is 0 Å². The third-order valence-corrected chi connectivity index (χ3v) is 6.40. The van der Waals surface area contributed by atoms with E-state index in [2.05, 4.69) is 23.9 Å². The molecule has 0 amide bonds. The first-order chi connectivity index (χ1) is 8.96. The lowest BCUT2D eigenvalue weighted by Gasteiger charge is -2.32. The van der Waals surface area contributed by atoms with Crippen molar-refractivity contribution in [2.75, 3.05) is 18.8 Å².